The van der Waals surface area contributed by atoms with Crippen LogP contribution in [0.2, 0.25) is 0 Å². The Kier molecular flexibility index (Phi) is 6.73. The van der Waals surface area contributed by atoms with Crippen LogP contribution in [0.25, 0.3) is 96.9 Å². The van der Waals surface area contributed by atoms with Crippen molar-refractivity contribution in [1.82, 2.24) is 14.1 Å². The highest BCUT2D eigenvalue weighted by Gasteiger charge is 2.16. The fourth-order valence-corrected chi connectivity index (χ4v) is 9.48. The van der Waals surface area contributed by atoms with Gasteiger partial charge < -0.3 is 9.13 Å². The van der Waals surface area contributed by atoms with Crippen LogP contribution in [0.5, 0.6) is 0 Å². The van der Waals surface area contributed by atoms with Gasteiger partial charge in [-0.2, -0.15) is 0 Å². The molecule has 3 nitrogen and oxygen atoms in total. The van der Waals surface area contributed by atoms with Gasteiger partial charge in [0.2, 0.25) is 0 Å². The lowest BCUT2D eigenvalue weighted by Crippen LogP contribution is -2.05. The van der Waals surface area contributed by atoms with Crippen LogP contribution in [0.15, 0.2) is 188 Å². The molecule has 0 saturated heterocycles. The molecule has 0 amide bonds. The highest BCUT2D eigenvalue weighted by atomic mass is 32.1. The Bertz CT molecular complexity index is 3280. The quantitative estimate of drug-likeness (QED) is 0.181. The van der Waals surface area contributed by atoms with Gasteiger partial charge in [0.05, 0.1) is 16.6 Å². The largest absolute Gasteiger partial charge is 0.314 e. The smallest absolute Gasteiger partial charge is 0.0787 e. The molecule has 248 valence electrons. The van der Waals surface area contributed by atoms with E-state index in [1.807, 2.05) is 17.5 Å². The topological polar surface area (TPSA) is 22.8 Å². The van der Waals surface area contributed by atoms with Gasteiger partial charge in [0.1, 0.15) is 0 Å². The van der Waals surface area contributed by atoms with E-state index in [1.165, 1.54) is 52.8 Å². The van der Waals surface area contributed by atoms with E-state index in [9.17, 15) is 0 Å². The minimum absolute atomic E-state index is 0.983. The summed E-state index contributed by atoms with van der Waals surface area (Å²) in [4.78, 5) is 5.13. The monoisotopic (exact) mass is 693 g/mol. The van der Waals surface area contributed by atoms with Crippen LogP contribution in [0.3, 0.4) is 0 Å². The Labute approximate surface area is 309 Å². The number of fused-ring (bicyclic) bond motifs is 12. The molecule has 4 heteroatoms. The third kappa shape index (κ3) is 4.70. The van der Waals surface area contributed by atoms with Crippen molar-refractivity contribution in [2.45, 2.75) is 0 Å². The standard InChI is InChI=1S/C49H31N3S/c1-3-13-33(14-4-1)51-27-28-52(34-15-5-2-6-16-34)46-31-44-43(30-45(46)51)38-25-24-32(35-20-11-21-41-39-19-9-10-23-47(39)53-49(35)41)29-42(38)37-18-8-7-17-36(37)40-22-12-26-50-48(40)44/h1-31H. The molecule has 0 bridgehead atoms. The fraction of sp³-hybridized carbons (Fsp3) is 0. The zero-order valence-electron chi connectivity index (χ0n) is 28.6. The van der Waals surface area contributed by atoms with Gasteiger partial charge >= 0.3 is 0 Å². The normalized spacial score (nSPS) is 11.8. The number of thiophene rings is 1. The van der Waals surface area contributed by atoms with E-state index < -0.39 is 0 Å². The van der Waals surface area contributed by atoms with E-state index in [0.29, 0.717) is 0 Å². The number of aromatic nitrogens is 3. The molecule has 0 fully saturated rings. The molecular formula is C49H31N3S. The molecule has 0 N–H and O–H groups in total. The molecule has 11 aromatic rings. The van der Waals surface area contributed by atoms with Crippen molar-refractivity contribution in [3.05, 3.63) is 188 Å². The van der Waals surface area contributed by atoms with Crippen molar-refractivity contribution in [1.29, 1.82) is 0 Å². The number of pyridine rings is 1. The Hall–Kier alpha value is -6.75. The molecule has 0 spiro atoms. The van der Waals surface area contributed by atoms with Crippen molar-refractivity contribution in [2.75, 3.05) is 0 Å². The van der Waals surface area contributed by atoms with Gasteiger partial charge in [-0.3, -0.25) is 4.98 Å². The van der Waals surface area contributed by atoms with E-state index in [2.05, 4.69) is 191 Å². The molecule has 0 unspecified atom stereocenters. The molecule has 0 aliphatic heterocycles. The predicted octanol–water partition coefficient (Wildman–Crippen LogP) is 13.6. The summed E-state index contributed by atoms with van der Waals surface area (Å²) in [6.45, 7) is 0. The number of para-hydroxylation sites is 2. The van der Waals surface area contributed by atoms with E-state index >= 15 is 0 Å². The summed E-state index contributed by atoms with van der Waals surface area (Å²) in [7, 11) is 0. The highest BCUT2D eigenvalue weighted by molar-refractivity contribution is 7.26. The number of hydrogen-bond donors (Lipinski definition) is 0. The minimum atomic E-state index is 0.983. The third-order valence-electron chi connectivity index (χ3n) is 10.7. The summed E-state index contributed by atoms with van der Waals surface area (Å²) in [5.41, 5.74) is 7.88. The van der Waals surface area contributed by atoms with Crippen molar-refractivity contribution in [3.63, 3.8) is 0 Å². The zero-order chi connectivity index (χ0) is 34.9. The first-order valence-corrected chi connectivity index (χ1v) is 18.8. The molecule has 0 radical (unpaired) electrons. The molecule has 0 atom stereocenters. The lowest BCUT2D eigenvalue weighted by atomic mass is 9.93. The third-order valence-corrected chi connectivity index (χ3v) is 11.9. The first-order chi connectivity index (χ1) is 26.3. The van der Waals surface area contributed by atoms with Crippen LogP contribution in [-0.2, 0) is 0 Å². The van der Waals surface area contributed by atoms with Crippen LogP contribution >= 0.6 is 11.3 Å². The number of rotatable bonds is 3. The van der Waals surface area contributed by atoms with Gasteiger partial charge in [-0.25, -0.2) is 0 Å². The Balaban J connectivity index is 1.33. The molecule has 11 rings (SSSR count). The number of benzene rings is 7. The summed E-state index contributed by atoms with van der Waals surface area (Å²) < 4.78 is 7.23. The molecule has 8 aromatic carbocycles. The van der Waals surface area contributed by atoms with E-state index in [4.69, 9.17) is 4.98 Å². The van der Waals surface area contributed by atoms with E-state index in [0.717, 1.165) is 44.1 Å². The first kappa shape index (κ1) is 29.9. The maximum Gasteiger partial charge on any atom is 0.0787 e. The van der Waals surface area contributed by atoms with E-state index in [-0.39, 0.29) is 0 Å². The van der Waals surface area contributed by atoms with Gasteiger partial charge in [0, 0.05) is 60.9 Å². The summed E-state index contributed by atoms with van der Waals surface area (Å²) in [5.74, 6) is 0. The van der Waals surface area contributed by atoms with Gasteiger partial charge in [0.25, 0.3) is 0 Å². The predicted molar refractivity (Wildman–Crippen MR) is 226 cm³/mol. The summed E-state index contributed by atoms with van der Waals surface area (Å²) in [5, 5.41) is 10.8. The lowest BCUT2D eigenvalue weighted by Gasteiger charge is -2.19. The lowest BCUT2D eigenvalue weighted by molar-refractivity contribution is 1.01. The Morgan fingerprint density at radius 2 is 0.962 bits per heavy atom. The van der Waals surface area contributed by atoms with Crippen LogP contribution in [0, 0.1) is 0 Å². The molecule has 53 heavy (non-hydrogen) atoms. The summed E-state index contributed by atoms with van der Waals surface area (Å²) in [6.07, 6.45) is 6.27. The second-order valence-electron chi connectivity index (χ2n) is 13.6. The van der Waals surface area contributed by atoms with Crippen molar-refractivity contribution in [3.8, 4) is 22.5 Å². The van der Waals surface area contributed by atoms with Gasteiger partial charge in [0.15, 0.2) is 0 Å². The minimum Gasteiger partial charge on any atom is -0.314 e. The maximum absolute atomic E-state index is 5.13. The van der Waals surface area contributed by atoms with Crippen LogP contribution in [0.1, 0.15) is 0 Å². The molecule has 0 saturated carbocycles. The SMILES string of the molecule is c1ccc(-n2ccn(-c3ccccc3)c3cc4c(cc32)c2ccc(-c3cccc5c3sc3ccccc35)cc2c2ccccc2c2cccnc24)cc1. The maximum atomic E-state index is 5.13. The number of nitrogens with zero attached hydrogens (tertiary/aromatic N) is 3. The van der Waals surface area contributed by atoms with Crippen molar-refractivity contribution >= 4 is 85.8 Å². The molecule has 3 heterocycles. The summed E-state index contributed by atoms with van der Waals surface area (Å²) in [6, 6.07) is 61.6. The van der Waals surface area contributed by atoms with Crippen LogP contribution in [-0.4, -0.2) is 14.1 Å². The number of hydrogen-bond acceptors (Lipinski definition) is 2. The fourth-order valence-electron chi connectivity index (χ4n) is 8.24. The average molecular weight is 694 g/mol. The Morgan fingerprint density at radius 1 is 0.396 bits per heavy atom. The van der Waals surface area contributed by atoms with Gasteiger partial charge in [-0.1, -0.05) is 115 Å². The Morgan fingerprint density at radius 3 is 1.70 bits per heavy atom. The second-order valence-corrected chi connectivity index (χ2v) is 14.6. The zero-order valence-corrected chi connectivity index (χ0v) is 29.5. The first-order valence-electron chi connectivity index (χ1n) is 18.0. The van der Waals surface area contributed by atoms with Gasteiger partial charge in [-0.15, -0.1) is 11.3 Å². The molecule has 0 aliphatic rings. The second kappa shape index (κ2) is 11.9. The molecule has 3 aromatic heterocycles. The molecule has 0 aliphatic carbocycles. The highest BCUT2D eigenvalue weighted by Crippen LogP contribution is 2.43. The van der Waals surface area contributed by atoms with E-state index in [1.54, 1.807) is 0 Å². The van der Waals surface area contributed by atoms with Crippen LogP contribution in [0.4, 0.5) is 0 Å². The van der Waals surface area contributed by atoms with Gasteiger partial charge in [-0.05, 0) is 92.7 Å². The van der Waals surface area contributed by atoms with Crippen molar-refractivity contribution < 1.29 is 0 Å². The summed E-state index contributed by atoms with van der Waals surface area (Å²) >= 11 is 1.88. The van der Waals surface area contributed by atoms with Crippen molar-refractivity contribution in [2.24, 2.45) is 0 Å². The van der Waals surface area contributed by atoms with Crippen LogP contribution < -0.4 is 0 Å². The average Bonchev–Trinajstić information content (AvgIpc) is 3.62. The molecular weight excluding hydrogens is 663 g/mol.